The topological polar surface area (TPSA) is 54.5 Å². The molecule has 118 valence electrons. The minimum atomic E-state index is 0.120. The van der Waals surface area contributed by atoms with Gasteiger partial charge in [-0.25, -0.2) is 0 Å². The Morgan fingerprint density at radius 1 is 1.38 bits per heavy atom. The monoisotopic (exact) mass is 292 g/mol. The van der Waals surface area contributed by atoms with Crippen LogP contribution in [-0.2, 0) is 6.54 Å². The van der Waals surface area contributed by atoms with Crippen LogP contribution in [0, 0.1) is 0 Å². The molecule has 5 nitrogen and oxygen atoms in total. The molecule has 1 fully saturated rings. The molecule has 1 unspecified atom stereocenters. The van der Waals surface area contributed by atoms with E-state index in [-0.39, 0.29) is 5.91 Å². The normalized spacial score (nSPS) is 18.7. The average Bonchev–Trinajstić information content (AvgIpc) is 3.07. The number of carbonyl (C=O) groups excluding carboxylic acids is 1. The molecule has 1 amide bonds. The van der Waals surface area contributed by atoms with Crippen LogP contribution >= 0.6 is 0 Å². The molecule has 2 rings (SSSR count). The number of nitrogens with zero attached hydrogens (tertiary/aromatic N) is 3. The van der Waals surface area contributed by atoms with Crippen LogP contribution in [0.1, 0.15) is 44.1 Å². The molecular weight excluding hydrogens is 264 g/mol. The maximum absolute atomic E-state index is 12.7. The summed E-state index contributed by atoms with van der Waals surface area (Å²) in [4.78, 5) is 17.1. The van der Waals surface area contributed by atoms with Gasteiger partial charge < -0.3 is 15.2 Å². The molecule has 0 saturated carbocycles. The summed E-state index contributed by atoms with van der Waals surface area (Å²) in [7, 11) is 0. The SMILES string of the molecule is CCCn1cc(N)cc1C(=O)N1CCC(N(CC)CC)C1. The minimum absolute atomic E-state index is 0.120. The molecule has 0 spiro atoms. The van der Waals surface area contributed by atoms with Crippen LogP contribution < -0.4 is 5.73 Å². The fourth-order valence-corrected chi connectivity index (χ4v) is 3.26. The van der Waals surface area contributed by atoms with E-state index in [0.29, 0.717) is 11.7 Å². The van der Waals surface area contributed by atoms with Gasteiger partial charge in [0.15, 0.2) is 0 Å². The maximum Gasteiger partial charge on any atom is 0.270 e. The van der Waals surface area contributed by atoms with Gasteiger partial charge in [-0.2, -0.15) is 0 Å². The highest BCUT2D eigenvalue weighted by Gasteiger charge is 2.30. The second kappa shape index (κ2) is 6.98. The molecule has 1 aromatic rings. The fraction of sp³-hybridized carbons (Fsp3) is 0.688. The lowest BCUT2D eigenvalue weighted by Gasteiger charge is -2.26. The van der Waals surface area contributed by atoms with Crippen molar-refractivity contribution in [1.82, 2.24) is 14.4 Å². The summed E-state index contributed by atoms with van der Waals surface area (Å²) in [6, 6.07) is 2.30. The molecule has 0 aliphatic carbocycles. The number of nitrogen functional groups attached to an aromatic ring is 1. The minimum Gasteiger partial charge on any atom is -0.397 e. The molecular formula is C16H28N4O. The van der Waals surface area contributed by atoms with Crippen molar-refractivity contribution < 1.29 is 4.79 Å². The number of likely N-dealkylation sites (tertiary alicyclic amines) is 1. The van der Waals surface area contributed by atoms with Gasteiger partial charge in [-0.1, -0.05) is 20.8 Å². The van der Waals surface area contributed by atoms with Gasteiger partial charge in [0.05, 0.1) is 5.69 Å². The number of amides is 1. The van der Waals surface area contributed by atoms with E-state index < -0.39 is 0 Å². The number of aromatic nitrogens is 1. The second-order valence-corrected chi connectivity index (χ2v) is 5.77. The van der Waals surface area contributed by atoms with Crippen LogP contribution in [0.4, 0.5) is 5.69 Å². The van der Waals surface area contributed by atoms with Crippen LogP contribution in [-0.4, -0.2) is 52.5 Å². The quantitative estimate of drug-likeness (QED) is 0.873. The van der Waals surface area contributed by atoms with Crippen molar-refractivity contribution in [3.8, 4) is 0 Å². The maximum atomic E-state index is 12.7. The van der Waals surface area contributed by atoms with E-state index in [1.807, 2.05) is 21.7 Å². The smallest absolute Gasteiger partial charge is 0.270 e. The van der Waals surface area contributed by atoms with Gasteiger partial charge in [0.25, 0.3) is 5.91 Å². The first kappa shape index (κ1) is 15.9. The number of hydrogen-bond donors (Lipinski definition) is 1. The fourth-order valence-electron chi connectivity index (χ4n) is 3.26. The molecule has 0 radical (unpaired) electrons. The van der Waals surface area contributed by atoms with Gasteiger partial charge in [-0.15, -0.1) is 0 Å². The molecule has 1 aromatic heterocycles. The molecule has 2 heterocycles. The zero-order valence-corrected chi connectivity index (χ0v) is 13.5. The lowest BCUT2D eigenvalue weighted by atomic mass is 10.2. The molecule has 0 aromatic carbocycles. The van der Waals surface area contributed by atoms with E-state index >= 15 is 0 Å². The van der Waals surface area contributed by atoms with Crippen LogP contribution in [0.25, 0.3) is 0 Å². The van der Waals surface area contributed by atoms with Gasteiger partial charge in [0, 0.05) is 31.9 Å². The van der Waals surface area contributed by atoms with Crippen molar-refractivity contribution in [3.63, 3.8) is 0 Å². The molecule has 5 heteroatoms. The summed E-state index contributed by atoms with van der Waals surface area (Å²) in [6.45, 7) is 11.1. The number of aryl methyl sites for hydroxylation is 1. The van der Waals surface area contributed by atoms with Crippen molar-refractivity contribution in [3.05, 3.63) is 18.0 Å². The Hall–Kier alpha value is -1.49. The van der Waals surface area contributed by atoms with Crippen molar-refractivity contribution >= 4 is 11.6 Å². The standard InChI is InChI=1S/C16H28N4O/c1-4-8-19-11-13(17)10-15(19)16(21)20-9-7-14(12-20)18(5-2)6-3/h10-11,14H,4-9,12,17H2,1-3H3. The summed E-state index contributed by atoms with van der Waals surface area (Å²) in [5.41, 5.74) is 7.27. The number of likely N-dealkylation sites (N-methyl/N-ethyl adjacent to an activating group) is 1. The van der Waals surface area contributed by atoms with Crippen LogP contribution in [0.3, 0.4) is 0 Å². The van der Waals surface area contributed by atoms with Crippen molar-refractivity contribution in [2.24, 2.45) is 0 Å². The van der Waals surface area contributed by atoms with Gasteiger partial charge in [-0.3, -0.25) is 9.69 Å². The average molecular weight is 292 g/mol. The van der Waals surface area contributed by atoms with E-state index in [9.17, 15) is 4.79 Å². The van der Waals surface area contributed by atoms with Crippen molar-refractivity contribution in [2.45, 2.75) is 46.2 Å². The zero-order valence-electron chi connectivity index (χ0n) is 13.5. The first-order valence-corrected chi connectivity index (χ1v) is 8.09. The van der Waals surface area contributed by atoms with Crippen molar-refractivity contribution in [1.29, 1.82) is 0 Å². The predicted octanol–water partition coefficient (Wildman–Crippen LogP) is 2.04. The van der Waals surface area contributed by atoms with E-state index in [2.05, 4.69) is 25.7 Å². The predicted molar refractivity (Wildman–Crippen MR) is 86.4 cm³/mol. The molecule has 1 atom stereocenters. The van der Waals surface area contributed by atoms with Crippen LogP contribution in [0.15, 0.2) is 12.3 Å². The summed E-state index contributed by atoms with van der Waals surface area (Å²) in [6.07, 6.45) is 3.93. The highest BCUT2D eigenvalue weighted by molar-refractivity contribution is 5.94. The summed E-state index contributed by atoms with van der Waals surface area (Å²) < 4.78 is 1.99. The second-order valence-electron chi connectivity index (χ2n) is 5.77. The highest BCUT2D eigenvalue weighted by atomic mass is 16.2. The first-order chi connectivity index (χ1) is 10.1. The summed E-state index contributed by atoms with van der Waals surface area (Å²) >= 11 is 0. The Morgan fingerprint density at radius 2 is 2.10 bits per heavy atom. The van der Waals surface area contributed by atoms with E-state index in [0.717, 1.165) is 51.3 Å². The Kier molecular flexibility index (Phi) is 5.28. The molecule has 1 saturated heterocycles. The third-order valence-electron chi connectivity index (χ3n) is 4.38. The molecule has 1 aliphatic heterocycles. The van der Waals surface area contributed by atoms with Gasteiger partial charge in [0.2, 0.25) is 0 Å². The Bertz CT molecular complexity index is 479. The van der Waals surface area contributed by atoms with E-state index in [1.54, 1.807) is 0 Å². The summed E-state index contributed by atoms with van der Waals surface area (Å²) in [5.74, 6) is 0.120. The van der Waals surface area contributed by atoms with Gasteiger partial charge in [0.1, 0.15) is 5.69 Å². The number of carbonyl (C=O) groups is 1. The zero-order chi connectivity index (χ0) is 15.4. The molecule has 2 N–H and O–H groups in total. The first-order valence-electron chi connectivity index (χ1n) is 8.09. The number of anilines is 1. The Labute approximate surface area is 127 Å². The Balaban J connectivity index is 2.08. The van der Waals surface area contributed by atoms with Crippen LogP contribution in [0.2, 0.25) is 0 Å². The molecule has 21 heavy (non-hydrogen) atoms. The lowest BCUT2D eigenvalue weighted by Crippen LogP contribution is -2.39. The molecule has 1 aliphatic rings. The number of rotatable bonds is 6. The molecule has 0 bridgehead atoms. The number of hydrogen-bond acceptors (Lipinski definition) is 3. The third-order valence-corrected chi connectivity index (χ3v) is 4.38. The van der Waals surface area contributed by atoms with Gasteiger partial charge >= 0.3 is 0 Å². The van der Waals surface area contributed by atoms with E-state index in [1.165, 1.54) is 0 Å². The Morgan fingerprint density at radius 3 is 2.71 bits per heavy atom. The van der Waals surface area contributed by atoms with Crippen LogP contribution in [0.5, 0.6) is 0 Å². The third kappa shape index (κ3) is 3.40. The largest absolute Gasteiger partial charge is 0.397 e. The highest BCUT2D eigenvalue weighted by Crippen LogP contribution is 2.20. The lowest BCUT2D eigenvalue weighted by molar-refractivity contribution is 0.0767. The number of nitrogens with two attached hydrogens (primary N) is 1. The van der Waals surface area contributed by atoms with E-state index in [4.69, 9.17) is 5.73 Å². The summed E-state index contributed by atoms with van der Waals surface area (Å²) in [5, 5.41) is 0. The van der Waals surface area contributed by atoms with Crippen molar-refractivity contribution in [2.75, 3.05) is 31.9 Å². The van der Waals surface area contributed by atoms with Gasteiger partial charge in [-0.05, 0) is 32.0 Å².